The molecule has 0 aliphatic carbocycles. The van der Waals surface area contributed by atoms with Gasteiger partial charge in [-0.25, -0.2) is 4.59 Å². The van der Waals surface area contributed by atoms with E-state index in [1.807, 2.05) is 0 Å². The molecule has 0 radical (unpaired) electrons. The van der Waals surface area contributed by atoms with E-state index >= 15 is 0 Å². The molecule has 0 aromatic heterocycles. The van der Waals surface area contributed by atoms with Crippen molar-refractivity contribution in [2.75, 3.05) is 19.6 Å². The largest absolute Gasteiger partial charge is 0.291 e. The Labute approximate surface area is 81.0 Å². The lowest BCUT2D eigenvalue weighted by molar-refractivity contribution is -0.956. The first-order valence-corrected chi connectivity index (χ1v) is 4.85. The van der Waals surface area contributed by atoms with Crippen LogP contribution in [0.1, 0.15) is 27.7 Å². The van der Waals surface area contributed by atoms with Crippen molar-refractivity contribution in [1.82, 2.24) is 5.43 Å². The maximum absolute atomic E-state index is 11.4. The summed E-state index contributed by atoms with van der Waals surface area (Å²) >= 11 is 0. The first-order valence-electron chi connectivity index (χ1n) is 4.85. The van der Waals surface area contributed by atoms with Crippen LogP contribution in [0.4, 0.5) is 0 Å². The molecule has 0 rings (SSSR count). The summed E-state index contributed by atoms with van der Waals surface area (Å²) in [6, 6.07) is 0. The molecule has 0 bridgehead atoms. The first kappa shape index (κ1) is 12.2. The smallest absolute Gasteiger partial charge is 0.265 e. The van der Waals surface area contributed by atoms with E-state index in [-0.39, 0.29) is 5.91 Å². The second kappa shape index (κ2) is 5.02. The van der Waals surface area contributed by atoms with E-state index in [2.05, 4.69) is 32.8 Å². The number of nitrogens with one attached hydrogen (secondary N) is 1. The van der Waals surface area contributed by atoms with Crippen LogP contribution in [0.15, 0.2) is 12.2 Å². The number of amides is 1. The minimum Gasteiger partial charge on any atom is -0.265 e. The fraction of sp³-hybridized carbons (Fsp3) is 0.700. The van der Waals surface area contributed by atoms with E-state index in [1.165, 1.54) is 0 Å². The molecular formula is C10H21N2O+. The van der Waals surface area contributed by atoms with Crippen LogP contribution in [-0.2, 0) is 4.79 Å². The van der Waals surface area contributed by atoms with Gasteiger partial charge in [0.2, 0.25) is 0 Å². The lowest BCUT2D eigenvalue weighted by Gasteiger charge is -2.34. The highest BCUT2D eigenvalue weighted by molar-refractivity contribution is 5.91. The Morgan fingerprint density at radius 3 is 1.85 bits per heavy atom. The molecule has 3 nitrogen and oxygen atoms in total. The Morgan fingerprint density at radius 1 is 1.23 bits per heavy atom. The molecule has 0 aliphatic rings. The van der Waals surface area contributed by atoms with Crippen LogP contribution in [0, 0.1) is 0 Å². The van der Waals surface area contributed by atoms with Gasteiger partial charge >= 0.3 is 0 Å². The second-order valence-electron chi connectivity index (χ2n) is 3.32. The van der Waals surface area contributed by atoms with Crippen molar-refractivity contribution in [2.45, 2.75) is 27.7 Å². The van der Waals surface area contributed by atoms with Crippen LogP contribution in [0.3, 0.4) is 0 Å². The van der Waals surface area contributed by atoms with Gasteiger partial charge in [-0.15, -0.1) is 0 Å². The standard InChI is InChI=1S/C10H20N2O/c1-6-12(7-2,8-3)11-10(13)9(4)5/h4,6-8H2,1-3,5H3/p+1. The maximum Gasteiger partial charge on any atom is 0.291 e. The minimum atomic E-state index is -0.0504. The number of carbonyl (C=O) groups is 1. The molecule has 1 amide bonds. The quantitative estimate of drug-likeness (QED) is 0.392. The maximum atomic E-state index is 11.4. The fourth-order valence-electron chi connectivity index (χ4n) is 1.22. The van der Waals surface area contributed by atoms with Gasteiger partial charge in [0.05, 0.1) is 19.6 Å². The van der Waals surface area contributed by atoms with E-state index < -0.39 is 0 Å². The lowest BCUT2D eigenvalue weighted by Crippen LogP contribution is -2.60. The Morgan fingerprint density at radius 2 is 1.62 bits per heavy atom. The minimum absolute atomic E-state index is 0.0504. The molecule has 0 aromatic carbocycles. The third kappa shape index (κ3) is 3.19. The van der Waals surface area contributed by atoms with Gasteiger partial charge in [-0.1, -0.05) is 6.58 Å². The average molecular weight is 185 g/mol. The highest BCUT2D eigenvalue weighted by atomic mass is 16.2. The first-order chi connectivity index (χ1) is 6.01. The van der Waals surface area contributed by atoms with Crippen molar-refractivity contribution >= 4 is 5.91 Å². The second-order valence-corrected chi connectivity index (χ2v) is 3.32. The number of hydrogen-bond acceptors (Lipinski definition) is 1. The number of quaternary nitrogens is 1. The van der Waals surface area contributed by atoms with E-state index in [0.717, 1.165) is 19.6 Å². The zero-order valence-electron chi connectivity index (χ0n) is 9.18. The summed E-state index contributed by atoms with van der Waals surface area (Å²) in [5, 5.41) is 0. The van der Waals surface area contributed by atoms with Gasteiger partial charge in [-0.05, 0) is 27.7 Å². The van der Waals surface area contributed by atoms with E-state index in [9.17, 15) is 4.79 Å². The molecule has 0 saturated carbocycles. The van der Waals surface area contributed by atoms with Gasteiger partial charge in [-0.3, -0.25) is 4.79 Å². The van der Waals surface area contributed by atoms with E-state index in [1.54, 1.807) is 6.92 Å². The van der Waals surface area contributed by atoms with Gasteiger partial charge in [0.15, 0.2) is 0 Å². The third-order valence-corrected chi connectivity index (χ3v) is 2.54. The number of carbonyl (C=O) groups excluding carboxylic acids is 1. The summed E-state index contributed by atoms with van der Waals surface area (Å²) in [5.74, 6) is -0.0504. The molecule has 0 unspecified atom stereocenters. The molecule has 0 heterocycles. The van der Waals surface area contributed by atoms with Crippen molar-refractivity contribution in [3.8, 4) is 0 Å². The normalized spacial score (nSPS) is 11.1. The van der Waals surface area contributed by atoms with Crippen molar-refractivity contribution < 1.29 is 9.39 Å². The molecule has 13 heavy (non-hydrogen) atoms. The molecule has 1 N–H and O–H groups in total. The van der Waals surface area contributed by atoms with Crippen LogP contribution in [0.25, 0.3) is 0 Å². The molecular weight excluding hydrogens is 164 g/mol. The van der Waals surface area contributed by atoms with Gasteiger partial charge < -0.3 is 0 Å². The Bertz CT molecular complexity index is 187. The summed E-state index contributed by atoms with van der Waals surface area (Å²) in [6.45, 7) is 14.3. The monoisotopic (exact) mass is 185 g/mol. The summed E-state index contributed by atoms with van der Waals surface area (Å²) in [6.07, 6.45) is 0. The fourth-order valence-corrected chi connectivity index (χ4v) is 1.22. The van der Waals surface area contributed by atoms with Crippen LogP contribution in [0.2, 0.25) is 0 Å². The van der Waals surface area contributed by atoms with E-state index in [0.29, 0.717) is 10.2 Å². The Kier molecular flexibility index (Phi) is 4.70. The molecule has 0 spiro atoms. The van der Waals surface area contributed by atoms with Crippen molar-refractivity contribution in [3.63, 3.8) is 0 Å². The zero-order valence-corrected chi connectivity index (χ0v) is 9.18. The van der Waals surface area contributed by atoms with Crippen molar-refractivity contribution in [1.29, 1.82) is 0 Å². The van der Waals surface area contributed by atoms with Gasteiger partial charge in [0.1, 0.15) is 0 Å². The highest BCUT2D eigenvalue weighted by Gasteiger charge is 2.23. The van der Waals surface area contributed by atoms with Gasteiger partial charge in [-0.2, -0.15) is 5.43 Å². The third-order valence-electron chi connectivity index (χ3n) is 2.54. The number of rotatable bonds is 5. The lowest BCUT2D eigenvalue weighted by atomic mass is 10.3. The highest BCUT2D eigenvalue weighted by Crippen LogP contribution is 2.01. The van der Waals surface area contributed by atoms with Crippen LogP contribution in [-0.4, -0.2) is 30.1 Å². The zero-order chi connectivity index (χ0) is 10.5. The van der Waals surface area contributed by atoms with Crippen molar-refractivity contribution in [2.24, 2.45) is 0 Å². The average Bonchev–Trinajstić information content (AvgIpc) is 2.14. The van der Waals surface area contributed by atoms with Gasteiger partial charge in [0.25, 0.3) is 5.91 Å². The SMILES string of the molecule is C=C(C)C(=O)N[N+](CC)(CC)CC. The summed E-state index contributed by atoms with van der Waals surface area (Å²) in [5.41, 5.74) is 3.55. The molecule has 3 heteroatoms. The topological polar surface area (TPSA) is 29.1 Å². The molecule has 0 aromatic rings. The predicted molar refractivity (Wildman–Crippen MR) is 54.8 cm³/mol. The molecule has 0 atom stereocenters. The van der Waals surface area contributed by atoms with Gasteiger partial charge in [0, 0.05) is 5.57 Å². The molecule has 0 aliphatic heterocycles. The van der Waals surface area contributed by atoms with Crippen molar-refractivity contribution in [3.05, 3.63) is 12.2 Å². The predicted octanol–water partition coefficient (Wildman–Crippen LogP) is 1.47. The molecule has 76 valence electrons. The van der Waals surface area contributed by atoms with Crippen LogP contribution >= 0.6 is 0 Å². The Balaban J connectivity index is 4.42. The number of nitrogens with zero attached hydrogens (tertiary/aromatic N) is 1. The van der Waals surface area contributed by atoms with E-state index in [4.69, 9.17) is 0 Å². The Hall–Kier alpha value is -0.830. The number of hydrogen-bond donors (Lipinski definition) is 1. The van der Waals surface area contributed by atoms with Crippen LogP contribution in [0.5, 0.6) is 0 Å². The molecule has 0 saturated heterocycles. The summed E-state index contributed by atoms with van der Waals surface area (Å²) in [4.78, 5) is 11.4. The summed E-state index contributed by atoms with van der Waals surface area (Å²) < 4.78 is 0.631. The van der Waals surface area contributed by atoms with Crippen LogP contribution < -0.4 is 5.43 Å². The molecule has 0 fully saturated rings. The summed E-state index contributed by atoms with van der Waals surface area (Å²) in [7, 11) is 0.